The van der Waals surface area contributed by atoms with Crippen molar-refractivity contribution < 1.29 is 40.2 Å². The zero-order valence-electron chi connectivity index (χ0n) is 17.0. The van der Waals surface area contributed by atoms with Crippen molar-refractivity contribution in [2.45, 2.75) is 4.90 Å². The van der Waals surface area contributed by atoms with E-state index in [2.05, 4.69) is 0 Å². The minimum absolute atomic E-state index is 0.0112. The molecule has 0 aromatic heterocycles. The van der Waals surface area contributed by atoms with Crippen LogP contribution < -0.4 is 19.3 Å². The molecule has 0 amide bonds. The van der Waals surface area contributed by atoms with Crippen molar-refractivity contribution >= 4 is 10.0 Å². The number of rotatable bonds is 6. The predicted octanol–water partition coefficient (Wildman–Crippen LogP) is 4.25. The molecule has 0 saturated carbocycles. The maximum absolute atomic E-state index is 15.1. The van der Waals surface area contributed by atoms with Gasteiger partial charge in [-0.25, -0.2) is 31.1 Å². The van der Waals surface area contributed by atoms with Gasteiger partial charge in [0.1, 0.15) is 0 Å². The zero-order valence-corrected chi connectivity index (χ0v) is 17.8. The smallest absolute Gasteiger partial charge is 0.238 e. The Kier molecular flexibility index (Phi) is 6.33. The predicted molar refractivity (Wildman–Crippen MR) is 108 cm³/mol. The Morgan fingerprint density at radius 1 is 0.750 bits per heavy atom. The van der Waals surface area contributed by atoms with E-state index >= 15 is 8.78 Å². The standard InChI is InChI=1S/C21H17F4NO5S/c1-29-12-8-10(9-13(30-2)21(12)31-3)15-16(18(23)20(25)19(24)17(15)22)11-6-4-5-7-14(11)32(26,27)28/h4-9H,1-3H3,(H2,26,27,28). The van der Waals surface area contributed by atoms with Gasteiger partial charge in [0.15, 0.2) is 34.8 Å². The van der Waals surface area contributed by atoms with Gasteiger partial charge >= 0.3 is 0 Å². The fourth-order valence-corrected chi connectivity index (χ4v) is 4.05. The molecule has 0 aliphatic heterocycles. The van der Waals surface area contributed by atoms with Crippen LogP contribution in [0.4, 0.5) is 17.6 Å². The summed E-state index contributed by atoms with van der Waals surface area (Å²) in [6.07, 6.45) is 0. The van der Waals surface area contributed by atoms with E-state index in [9.17, 15) is 17.2 Å². The first-order chi connectivity index (χ1) is 15.1. The van der Waals surface area contributed by atoms with Gasteiger partial charge < -0.3 is 14.2 Å². The van der Waals surface area contributed by atoms with Crippen molar-refractivity contribution in [1.29, 1.82) is 0 Å². The molecule has 0 heterocycles. The number of methoxy groups -OCH3 is 3. The number of nitrogens with two attached hydrogens (primary N) is 1. The van der Waals surface area contributed by atoms with Crippen LogP contribution in [0, 0.1) is 23.3 Å². The summed E-state index contributed by atoms with van der Waals surface area (Å²) in [6.45, 7) is 0. The minimum Gasteiger partial charge on any atom is -0.493 e. The molecule has 32 heavy (non-hydrogen) atoms. The van der Waals surface area contributed by atoms with E-state index in [1.54, 1.807) is 0 Å². The lowest BCUT2D eigenvalue weighted by molar-refractivity contribution is 0.324. The Morgan fingerprint density at radius 2 is 1.25 bits per heavy atom. The highest BCUT2D eigenvalue weighted by molar-refractivity contribution is 7.89. The quantitative estimate of drug-likeness (QED) is 0.330. The molecular weight excluding hydrogens is 454 g/mol. The lowest BCUT2D eigenvalue weighted by Crippen LogP contribution is -2.14. The van der Waals surface area contributed by atoms with Crippen molar-refractivity contribution in [3.63, 3.8) is 0 Å². The maximum Gasteiger partial charge on any atom is 0.238 e. The molecule has 0 radical (unpaired) electrons. The molecule has 3 rings (SSSR count). The van der Waals surface area contributed by atoms with Crippen molar-refractivity contribution in [3.05, 3.63) is 59.7 Å². The normalized spacial score (nSPS) is 11.4. The van der Waals surface area contributed by atoms with Gasteiger partial charge in [-0.15, -0.1) is 0 Å². The van der Waals surface area contributed by atoms with Crippen LogP contribution in [0.15, 0.2) is 41.3 Å². The van der Waals surface area contributed by atoms with Gasteiger partial charge in [0.2, 0.25) is 15.8 Å². The molecule has 3 aromatic rings. The molecule has 0 saturated heterocycles. The Balaban J connectivity index is 2.53. The first-order valence-corrected chi connectivity index (χ1v) is 10.4. The molecule has 0 aliphatic carbocycles. The second-order valence-electron chi connectivity index (χ2n) is 6.46. The lowest BCUT2D eigenvalue weighted by atomic mass is 9.92. The summed E-state index contributed by atoms with van der Waals surface area (Å²) < 4.78 is 98.3. The van der Waals surface area contributed by atoms with E-state index in [0.717, 1.165) is 12.1 Å². The van der Waals surface area contributed by atoms with Crippen LogP contribution in [0.1, 0.15) is 0 Å². The molecule has 2 N–H and O–H groups in total. The van der Waals surface area contributed by atoms with Gasteiger partial charge in [-0.2, -0.15) is 0 Å². The number of hydrogen-bond acceptors (Lipinski definition) is 5. The summed E-state index contributed by atoms with van der Waals surface area (Å²) in [5, 5.41) is 5.20. The molecule has 0 atom stereocenters. The summed E-state index contributed by atoms with van der Waals surface area (Å²) in [5.41, 5.74) is -2.28. The van der Waals surface area contributed by atoms with Crippen LogP contribution >= 0.6 is 0 Å². The van der Waals surface area contributed by atoms with Crippen LogP contribution in [-0.2, 0) is 10.0 Å². The summed E-state index contributed by atoms with van der Waals surface area (Å²) in [4.78, 5) is -0.613. The molecular formula is C21H17F4NO5S. The largest absolute Gasteiger partial charge is 0.493 e. The highest BCUT2D eigenvalue weighted by Gasteiger charge is 2.31. The number of halogens is 4. The number of primary sulfonamides is 1. The first kappa shape index (κ1) is 23.4. The number of benzene rings is 3. The lowest BCUT2D eigenvalue weighted by Gasteiger charge is -2.19. The summed E-state index contributed by atoms with van der Waals surface area (Å²) in [5.74, 6) is -7.62. The first-order valence-electron chi connectivity index (χ1n) is 8.85. The molecule has 11 heteroatoms. The topological polar surface area (TPSA) is 87.9 Å². The molecule has 0 fully saturated rings. The number of ether oxygens (including phenoxy) is 3. The van der Waals surface area contributed by atoms with Crippen molar-refractivity contribution in [1.82, 2.24) is 0 Å². The highest BCUT2D eigenvalue weighted by atomic mass is 32.2. The van der Waals surface area contributed by atoms with Crippen LogP contribution in [-0.4, -0.2) is 29.7 Å². The fourth-order valence-electron chi connectivity index (χ4n) is 3.30. The molecule has 0 unspecified atom stereocenters. The maximum atomic E-state index is 15.1. The Labute approximate surface area is 181 Å². The fraction of sp³-hybridized carbons (Fsp3) is 0.143. The van der Waals surface area contributed by atoms with Gasteiger partial charge in [-0.3, -0.25) is 0 Å². The third-order valence-electron chi connectivity index (χ3n) is 4.68. The monoisotopic (exact) mass is 471 g/mol. The van der Waals surface area contributed by atoms with E-state index in [1.165, 1.54) is 45.6 Å². The molecule has 0 spiro atoms. The number of sulfonamides is 1. The Bertz CT molecular complexity index is 1290. The second-order valence-corrected chi connectivity index (χ2v) is 7.99. The van der Waals surface area contributed by atoms with Gasteiger partial charge in [0.05, 0.1) is 26.2 Å². The SMILES string of the molecule is COc1cc(-c2c(F)c(F)c(F)c(F)c2-c2ccccc2S(N)(=O)=O)cc(OC)c1OC. The van der Waals surface area contributed by atoms with Gasteiger partial charge in [-0.1, -0.05) is 18.2 Å². The van der Waals surface area contributed by atoms with E-state index in [4.69, 9.17) is 19.3 Å². The molecule has 3 aromatic carbocycles. The average molecular weight is 471 g/mol. The van der Waals surface area contributed by atoms with Crippen molar-refractivity contribution in [3.8, 4) is 39.5 Å². The zero-order chi connectivity index (χ0) is 23.8. The molecule has 0 bridgehead atoms. The van der Waals surface area contributed by atoms with Crippen molar-refractivity contribution in [2.24, 2.45) is 5.14 Å². The van der Waals surface area contributed by atoms with E-state index in [0.29, 0.717) is 0 Å². The van der Waals surface area contributed by atoms with Crippen LogP contribution in [0.25, 0.3) is 22.3 Å². The third-order valence-corrected chi connectivity index (χ3v) is 5.65. The summed E-state index contributed by atoms with van der Waals surface area (Å²) >= 11 is 0. The Morgan fingerprint density at radius 3 is 1.72 bits per heavy atom. The average Bonchev–Trinajstić information content (AvgIpc) is 2.78. The van der Waals surface area contributed by atoms with Crippen molar-refractivity contribution in [2.75, 3.05) is 21.3 Å². The van der Waals surface area contributed by atoms with Gasteiger partial charge in [0, 0.05) is 16.7 Å². The second kappa shape index (κ2) is 8.67. The van der Waals surface area contributed by atoms with Crippen LogP contribution in [0.5, 0.6) is 17.2 Å². The van der Waals surface area contributed by atoms with E-state index < -0.39 is 54.9 Å². The summed E-state index contributed by atoms with van der Waals surface area (Å²) in [6, 6.07) is 7.08. The van der Waals surface area contributed by atoms with Crippen LogP contribution in [0.3, 0.4) is 0 Å². The number of hydrogen-bond donors (Lipinski definition) is 1. The summed E-state index contributed by atoms with van der Waals surface area (Å²) in [7, 11) is -0.604. The third kappa shape index (κ3) is 3.84. The Hall–Kier alpha value is -3.31. The van der Waals surface area contributed by atoms with E-state index in [-0.39, 0.29) is 22.8 Å². The van der Waals surface area contributed by atoms with E-state index in [1.807, 2.05) is 0 Å². The highest BCUT2D eigenvalue weighted by Crippen LogP contribution is 2.46. The van der Waals surface area contributed by atoms with Gasteiger partial charge in [-0.05, 0) is 23.8 Å². The molecule has 6 nitrogen and oxygen atoms in total. The van der Waals surface area contributed by atoms with Gasteiger partial charge in [0.25, 0.3) is 0 Å². The minimum atomic E-state index is -4.44. The molecule has 170 valence electrons. The van der Waals surface area contributed by atoms with Crippen LogP contribution in [0.2, 0.25) is 0 Å². The molecule has 0 aliphatic rings.